The summed E-state index contributed by atoms with van der Waals surface area (Å²) in [6.45, 7) is 3.81. The molecule has 22 heavy (non-hydrogen) atoms. The van der Waals surface area contributed by atoms with Crippen molar-refractivity contribution in [1.29, 1.82) is 0 Å². The van der Waals surface area contributed by atoms with Crippen molar-refractivity contribution in [1.82, 2.24) is 4.98 Å². The molecule has 0 radical (unpaired) electrons. The van der Waals surface area contributed by atoms with Gasteiger partial charge >= 0.3 is 0 Å². The largest absolute Gasteiger partial charge is 0.508 e. The highest BCUT2D eigenvalue weighted by atomic mass is 16.3. The van der Waals surface area contributed by atoms with E-state index in [4.69, 9.17) is 0 Å². The zero-order valence-electron chi connectivity index (χ0n) is 12.4. The molecule has 112 valence electrons. The number of aromatic nitrogens is 1. The summed E-state index contributed by atoms with van der Waals surface area (Å²) in [6, 6.07) is 10.1. The maximum Gasteiger partial charge on any atom is 0.123 e. The van der Waals surface area contributed by atoms with Crippen molar-refractivity contribution in [3.8, 4) is 28.4 Å². The van der Waals surface area contributed by atoms with Crippen molar-refractivity contribution >= 4 is 10.9 Å². The Morgan fingerprint density at radius 3 is 2.27 bits per heavy atom. The normalized spacial score (nSPS) is 11.2. The first kappa shape index (κ1) is 14.2. The molecule has 0 amide bonds. The molecule has 0 aliphatic carbocycles. The van der Waals surface area contributed by atoms with Gasteiger partial charge in [-0.15, -0.1) is 0 Å². The van der Waals surface area contributed by atoms with Crippen molar-refractivity contribution in [2.45, 2.75) is 19.8 Å². The molecule has 1 heterocycles. The molecule has 2 aromatic carbocycles. The number of hydrogen-bond donors (Lipinski definition) is 3. The van der Waals surface area contributed by atoms with Gasteiger partial charge in [0.15, 0.2) is 0 Å². The van der Waals surface area contributed by atoms with Gasteiger partial charge in [0.2, 0.25) is 0 Å². The number of aromatic hydroxyl groups is 3. The number of nitrogens with zero attached hydrogens (tertiary/aromatic N) is 1. The maximum atomic E-state index is 10.2. The third kappa shape index (κ3) is 2.33. The molecule has 0 bridgehead atoms. The minimum Gasteiger partial charge on any atom is -0.508 e. The van der Waals surface area contributed by atoms with Crippen LogP contribution in [-0.4, -0.2) is 20.3 Å². The van der Waals surface area contributed by atoms with E-state index in [1.54, 1.807) is 36.5 Å². The molecule has 1 aromatic heterocycles. The van der Waals surface area contributed by atoms with Crippen molar-refractivity contribution in [2.75, 3.05) is 0 Å². The fraction of sp³-hybridized carbons (Fsp3) is 0.167. The zero-order valence-corrected chi connectivity index (χ0v) is 12.4. The average molecular weight is 295 g/mol. The molecule has 0 saturated heterocycles. The molecule has 0 saturated carbocycles. The van der Waals surface area contributed by atoms with E-state index >= 15 is 0 Å². The Morgan fingerprint density at radius 1 is 0.955 bits per heavy atom. The molecule has 3 rings (SSSR count). The molecule has 0 spiro atoms. The number of fused-ring (bicyclic) bond motifs is 1. The van der Waals surface area contributed by atoms with Gasteiger partial charge < -0.3 is 15.3 Å². The van der Waals surface area contributed by atoms with Gasteiger partial charge in [0, 0.05) is 22.7 Å². The molecule has 0 atom stereocenters. The Hall–Kier alpha value is -2.75. The molecular formula is C18H17NO3. The van der Waals surface area contributed by atoms with Crippen molar-refractivity contribution in [3.63, 3.8) is 0 Å². The van der Waals surface area contributed by atoms with Crippen molar-refractivity contribution in [3.05, 3.63) is 48.2 Å². The molecule has 0 unspecified atom stereocenters. The number of phenolic OH excluding ortho intramolecular Hbond substituents is 3. The summed E-state index contributed by atoms with van der Waals surface area (Å²) in [4.78, 5) is 4.34. The Bertz CT molecular complexity index is 833. The van der Waals surface area contributed by atoms with Crippen LogP contribution in [0.25, 0.3) is 22.0 Å². The third-order valence-corrected chi connectivity index (χ3v) is 3.71. The van der Waals surface area contributed by atoms with Crippen LogP contribution in [0.3, 0.4) is 0 Å². The second kappa shape index (κ2) is 5.22. The minimum absolute atomic E-state index is 0.00750. The smallest absolute Gasteiger partial charge is 0.123 e. The van der Waals surface area contributed by atoms with E-state index in [1.165, 1.54) is 0 Å². The first-order chi connectivity index (χ1) is 10.5. The summed E-state index contributed by atoms with van der Waals surface area (Å²) in [5, 5.41) is 31.1. The SMILES string of the molecule is CC(C)c1c(O)cc(-c2cc(O)cc3cccnc23)cc1O. The van der Waals surface area contributed by atoms with E-state index in [-0.39, 0.29) is 23.2 Å². The molecule has 4 nitrogen and oxygen atoms in total. The van der Waals surface area contributed by atoms with Gasteiger partial charge in [-0.05, 0) is 41.8 Å². The van der Waals surface area contributed by atoms with Gasteiger partial charge in [-0.1, -0.05) is 19.9 Å². The standard InChI is InChI=1S/C18H17NO3/c1-10(2)17-15(21)7-12(8-16(17)22)14-9-13(20)6-11-4-3-5-19-18(11)14/h3-10,20-22H,1-2H3. The van der Waals surface area contributed by atoms with E-state index in [1.807, 2.05) is 19.9 Å². The van der Waals surface area contributed by atoms with E-state index in [2.05, 4.69) is 4.98 Å². The van der Waals surface area contributed by atoms with Crippen LogP contribution in [0, 0.1) is 0 Å². The first-order valence-electron chi connectivity index (χ1n) is 7.11. The summed E-state index contributed by atoms with van der Waals surface area (Å²) < 4.78 is 0. The second-order valence-corrected chi connectivity index (χ2v) is 5.65. The number of benzene rings is 2. The highest BCUT2D eigenvalue weighted by molar-refractivity contribution is 5.95. The predicted octanol–water partition coefficient (Wildman–Crippen LogP) is 4.14. The lowest BCUT2D eigenvalue weighted by molar-refractivity contribution is 0.434. The minimum atomic E-state index is 0.00750. The highest BCUT2D eigenvalue weighted by Crippen LogP contribution is 2.40. The lowest BCUT2D eigenvalue weighted by Crippen LogP contribution is -1.91. The lowest BCUT2D eigenvalue weighted by Gasteiger charge is -2.14. The van der Waals surface area contributed by atoms with E-state index in [9.17, 15) is 15.3 Å². The van der Waals surface area contributed by atoms with Gasteiger partial charge in [-0.3, -0.25) is 4.98 Å². The van der Waals surface area contributed by atoms with Crippen LogP contribution < -0.4 is 0 Å². The predicted molar refractivity (Wildman–Crippen MR) is 86.3 cm³/mol. The van der Waals surface area contributed by atoms with Gasteiger partial charge in [0.1, 0.15) is 17.2 Å². The number of pyridine rings is 1. The second-order valence-electron chi connectivity index (χ2n) is 5.65. The fourth-order valence-electron chi connectivity index (χ4n) is 2.77. The summed E-state index contributed by atoms with van der Waals surface area (Å²) in [7, 11) is 0. The molecule has 0 aliphatic rings. The monoisotopic (exact) mass is 295 g/mol. The molecular weight excluding hydrogens is 278 g/mol. The topological polar surface area (TPSA) is 73.6 Å². The van der Waals surface area contributed by atoms with E-state index in [0.717, 1.165) is 5.39 Å². The first-order valence-corrected chi connectivity index (χ1v) is 7.11. The van der Waals surface area contributed by atoms with Gasteiger partial charge in [-0.25, -0.2) is 0 Å². The quantitative estimate of drug-likeness (QED) is 0.664. The van der Waals surface area contributed by atoms with Gasteiger partial charge in [0.25, 0.3) is 0 Å². The summed E-state index contributed by atoms with van der Waals surface area (Å²) in [5.74, 6) is 0.199. The van der Waals surface area contributed by atoms with Crippen molar-refractivity contribution in [2.24, 2.45) is 0 Å². The van der Waals surface area contributed by atoms with Crippen LogP contribution in [0.5, 0.6) is 17.2 Å². The van der Waals surface area contributed by atoms with Gasteiger partial charge in [0.05, 0.1) is 5.52 Å². The van der Waals surface area contributed by atoms with Crippen LogP contribution in [-0.2, 0) is 0 Å². The van der Waals surface area contributed by atoms with Crippen molar-refractivity contribution < 1.29 is 15.3 Å². The van der Waals surface area contributed by atoms with Crippen LogP contribution >= 0.6 is 0 Å². The number of hydrogen-bond acceptors (Lipinski definition) is 4. The molecule has 3 aromatic rings. The number of phenols is 3. The van der Waals surface area contributed by atoms with Crippen LogP contribution in [0.4, 0.5) is 0 Å². The maximum absolute atomic E-state index is 10.2. The molecule has 4 heteroatoms. The lowest BCUT2D eigenvalue weighted by atomic mass is 9.95. The molecule has 0 aliphatic heterocycles. The van der Waals surface area contributed by atoms with E-state index in [0.29, 0.717) is 22.2 Å². The molecule has 0 fully saturated rings. The third-order valence-electron chi connectivity index (χ3n) is 3.71. The average Bonchev–Trinajstić information content (AvgIpc) is 2.45. The molecule has 3 N–H and O–H groups in total. The van der Waals surface area contributed by atoms with Crippen LogP contribution in [0.2, 0.25) is 0 Å². The Kier molecular flexibility index (Phi) is 3.37. The van der Waals surface area contributed by atoms with E-state index < -0.39 is 0 Å². The Balaban J connectivity index is 2.28. The Morgan fingerprint density at radius 2 is 1.64 bits per heavy atom. The highest BCUT2D eigenvalue weighted by Gasteiger charge is 2.16. The van der Waals surface area contributed by atoms with Crippen LogP contribution in [0.15, 0.2) is 42.6 Å². The van der Waals surface area contributed by atoms with Gasteiger partial charge in [-0.2, -0.15) is 0 Å². The summed E-state index contributed by atoms with van der Waals surface area (Å²) in [5.41, 5.74) is 2.49. The fourth-order valence-corrected chi connectivity index (χ4v) is 2.77. The Labute approximate surface area is 128 Å². The zero-order chi connectivity index (χ0) is 15.9. The van der Waals surface area contributed by atoms with Crippen LogP contribution in [0.1, 0.15) is 25.3 Å². The number of rotatable bonds is 2. The summed E-state index contributed by atoms with van der Waals surface area (Å²) in [6.07, 6.45) is 1.67. The summed E-state index contributed by atoms with van der Waals surface area (Å²) >= 11 is 0.